The lowest BCUT2D eigenvalue weighted by Crippen LogP contribution is -2.51. The number of hydrogen-bond acceptors (Lipinski definition) is 3. The number of nitrogens with zero attached hydrogens (tertiary/aromatic N) is 3. The summed E-state index contributed by atoms with van der Waals surface area (Å²) in [6, 6.07) is 4.25. The van der Waals surface area contributed by atoms with Gasteiger partial charge < -0.3 is 0 Å². The van der Waals surface area contributed by atoms with Gasteiger partial charge in [-0.1, -0.05) is 6.08 Å². The number of rotatable bonds is 3. The van der Waals surface area contributed by atoms with Gasteiger partial charge in [0.15, 0.2) is 0 Å². The largest absolute Gasteiger partial charge is 0.283 e. The van der Waals surface area contributed by atoms with E-state index in [0.29, 0.717) is 0 Å². The van der Waals surface area contributed by atoms with E-state index in [4.69, 9.17) is 0 Å². The molecule has 1 atom stereocenters. The van der Waals surface area contributed by atoms with E-state index in [9.17, 15) is 0 Å². The first kappa shape index (κ1) is 13.7. The fourth-order valence-corrected chi connectivity index (χ4v) is 2.59. The lowest BCUT2D eigenvalue weighted by molar-refractivity contribution is 0.175. The van der Waals surface area contributed by atoms with Gasteiger partial charge in [0.25, 0.3) is 0 Å². The van der Waals surface area contributed by atoms with Gasteiger partial charge in [0, 0.05) is 18.0 Å². The van der Waals surface area contributed by atoms with E-state index in [-0.39, 0.29) is 11.6 Å². The molecule has 1 radical (unpaired) electrons. The maximum atomic E-state index is 4.23. The van der Waals surface area contributed by atoms with Gasteiger partial charge in [-0.15, -0.1) is 6.58 Å². The minimum atomic E-state index is 0.00282. The molecule has 1 aromatic heterocycles. The molecule has 3 nitrogen and oxygen atoms in total. The van der Waals surface area contributed by atoms with Crippen molar-refractivity contribution in [2.75, 3.05) is 5.01 Å². The van der Waals surface area contributed by atoms with E-state index < -0.39 is 0 Å². The van der Waals surface area contributed by atoms with Gasteiger partial charge in [0.1, 0.15) is 0 Å². The maximum Gasteiger partial charge on any atom is 0.0812 e. The smallest absolute Gasteiger partial charge is 0.0812 e. The number of pyridine rings is 1. The summed E-state index contributed by atoms with van der Waals surface area (Å²) in [5, 5.41) is 4.56. The summed E-state index contributed by atoms with van der Waals surface area (Å²) in [4.78, 5) is 4.23. The molecule has 0 bridgehead atoms. The van der Waals surface area contributed by atoms with E-state index in [0.717, 1.165) is 17.8 Å². The van der Waals surface area contributed by atoms with Gasteiger partial charge >= 0.3 is 0 Å². The first-order chi connectivity index (χ1) is 8.95. The molecule has 1 unspecified atom stereocenters. The maximum absolute atomic E-state index is 4.23. The van der Waals surface area contributed by atoms with Crippen molar-refractivity contribution in [2.24, 2.45) is 0 Å². The third-order valence-corrected chi connectivity index (χ3v) is 3.14. The minimum absolute atomic E-state index is 0.00282. The van der Waals surface area contributed by atoms with Crippen molar-refractivity contribution in [1.29, 1.82) is 0 Å². The SMILES string of the molecule is C=CCC1[C]=C(C)N(C(C)(C)C)N1c1cccnc1. The second-order valence-electron chi connectivity index (χ2n) is 5.81. The molecule has 0 spiro atoms. The third kappa shape index (κ3) is 2.65. The van der Waals surface area contributed by atoms with Crippen LogP contribution in [0.1, 0.15) is 34.1 Å². The molecule has 1 aliphatic rings. The van der Waals surface area contributed by atoms with Crippen LogP contribution in [0.2, 0.25) is 0 Å². The highest BCUT2D eigenvalue weighted by Crippen LogP contribution is 2.34. The Bertz CT molecular complexity index is 471. The fraction of sp³-hybridized carbons (Fsp3) is 0.438. The van der Waals surface area contributed by atoms with E-state index >= 15 is 0 Å². The normalized spacial score (nSPS) is 19.6. The van der Waals surface area contributed by atoms with Gasteiger partial charge in [0.2, 0.25) is 0 Å². The molecule has 1 aliphatic heterocycles. The summed E-state index contributed by atoms with van der Waals surface area (Å²) >= 11 is 0. The predicted molar refractivity (Wildman–Crippen MR) is 79.3 cm³/mol. The van der Waals surface area contributed by atoms with E-state index in [2.05, 4.69) is 61.4 Å². The molecule has 0 aromatic carbocycles. The van der Waals surface area contributed by atoms with E-state index in [1.807, 2.05) is 18.3 Å². The van der Waals surface area contributed by atoms with Crippen LogP contribution in [-0.2, 0) is 0 Å². The minimum Gasteiger partial charge on any atom is -0.283 e. The van der Waals surface area contributed by atoms with Crippen LogP contribution in [0.5, 0.6) is 0 Å². The van der Waals surface area contributed by atoms with Crippen molar-refractivity contribution in [2.45, 2.75) is 45.7 Å². The van der Waals surface area contributed by atoms with Crippen LogP contribution in [0.4, 0.5) is 5.69 Å². The molecule has 0 aliphatic carbocycles. The van der Waals surface area contributed by atoms with E-state index in [1.165, 1.54) is 0 Å². The molecule has 101 valence electrons. The number of hydrogen-bond donors (Lipinski definition) is 0. The van der Waals surface area contributed by atoms with Crippen LogP contribution in [0.3, 0.4) is 0 Å². The van der Waals surface area contributed by atoms with Crippen molar-refractivity contribution in [3.63, 3.8) is 0 Å². The Morgan fingerprint density at radius 3 is 2.74 bits per heavy atom. The molecular weight excluding hydrogens is 234 g/mol. The van der Waals surface area contributed by atoms with Crippen molar-refractivity contribution in [3.05, 3.63) is 49.0 Å². The molecule has 0 saturated heterocycles. The molecule has 2 heterocycles. The molecule has 0 N–H and O–H groups in total. The number of anilines is 1. The van der Waals surface area contributed by atoms with Crippen LogP contribution in [0, 0.1) is 6.08 Å². The van der Waals surface area contributed by atoms with Crippen LogP contribution >= 0.6 is 0 Å². The number of aromatic nitrogens is 1. The lowest BCUT2D eigenvalue weighted by Gasteiger charge is -2.44. The van der Waals surface area contributed by atoms with Crippen LogP contribution in [-0.4, -0.2) is 21.6 Å². The molecule has 0 fully saturated rings. The van der Waals surface area contributed by atoms with E-state index in [1.54, 1.807) is 6.20 Å². The van der Waals surface area contributed by atoms with Gasteiger partial charge in [-0.3, -0.25) is 15.0 Å². The standard InChI is InChI=1S/C16H22N3/c1-6-8-14-11-13(2)19(16(3,4)5)18(14)15-9-7-10-17-12-15/h6-7,9-10,12,14H,1,8H2,2-5H3. The molecule has 0 saturated carbocycles. The zero-order valence-electron chi connectivity index (χ0n) is 12.2. The zero-order chi connectivity index (χ0) is 14.0. The Balaban J connectivity index is 2.42. The van der Waals surface area contributed by atoms with Crippen molar-refractivity contribution < 1.29 is 0 Å². The van der Waals surface area contributed by atoms with Crippen LogP contribution in [0.25, 0.3) is 0 Å². The van der Waals surface area contributed by atoms with Gasteiger partial charge in [-0.05, 0) is 46.2 Å². The highest BCUT2D eigenvalue weighted by Gasteiger charge is 2.36. The highest BCUT2D eigenvalue weighted by atomic mass is 15.7. The summed E-state index contributed by atoms with van der Waals surface area (Å²) in [5.41, 5.74) is 2.25. The zero-order valence-corrected chi connectivity index (χ0v) is 12.2. The van der Waals surface area contributed by atoms with Gasteiger partial charge in [-0.25, -0.2) is 0 Å². The summed E-state index contributed by atoms with van der Waals surface area (Å²) < 4.78 is 0. The first-order valence-corrected chi connectivity index (χ1v) is 6.65. The summed E-state index contributed by atoms with van der Waals surface area (Å²) in [5.74, 6) is 0. The summed E-state index contributed by atoms with van der Waals surface area (Å²) in [6.07, 6.45) is 10.0. The Hall–Kier alpha value is -1.77. The molecular formula is C16H22N3. The molecule has 3 heteroatoms. The monoisotopic (exact) mass is 256 g/mol. The lowest BCUT2D eigenvalue weighted by atomic mass is 10.1. The van der Waals surface area contributed by atoms with Crippen molar-refractivity contribution in [1.82, 2.24) is 9.99 Å². The summed E-state index contributed by atoms with van der Waals surface area (Å²) in [7, 11) is 0. The predicted octanol–water partition coefficient (Wildman–Crippen LogP) is 3.57. The summed E-state index contributed by atoms with van der Waals surface area (Å²) in [6.45, 7) is 12.6. The number of allylic oxidation sites excluding steroid dienone is 1. The van der Waals surface area contributed by atoms with Gasteiger partial charge in [-0.2, -0.15) is 0 Å². The topological polar surface area (TPSA) is 19.4 Å². The quantitative estimate of drug-likeness (QED) is 0.771. The molecule has 0 amide bonds. The second kappa shape index (κ2) is 5.08. The van der Waals surface area contributed by atoms with Crippen LogP contribution in [0.15, 0.2) is 42.9 Å². The molecule has 2 rings (SSSR count). The Morgan fingerprint density at radius 2 is 2.21 bits per heavy atom. The average Bonchev–Trinajstić information content (AvgIpc) is 2.67. The Morgan fingerprint density at radius 1 is 1.47 bits per heavy atom. The Kier molecular flexibility index (Phi) is 3.65. The third-order valence-electron chi connectivity index (χ3n) is 3.14. The number of hydrazine groups is 1. The van der Waals surface area contributed by atoms with Crippen molar-refractivity contribution >= 4 is 5.69 Å². The van der Waals surface area contributed by atoms with Crippen molar-refractivity contribution in [3.8, 4) is 0 Å². The van der Waals surface area contributed by atoms with Crippen LogP contribution < -0.4 is 5.01 Å². The molecule has 1 aromatic rings. The Labute approximate surface area is 116 Å². The van der Waals surface area contributed by atoms with Gasteiger partial charge in [0.05, 0.1) is 23.5 Å². The first-order valence-electron chi connectivity index (χ1n) is 6.65. The average molecular weight is 256 g/mol. The highest BCUT2D eigenvalue weighted by molar-refractivity contribution is 5.48. The second-order valence-corrected chi connectivity index (χ2v) is 5.81. The molecule has 19 heavy (non-hydrogen) atoms. The fourth-order valence-electron chi connectivity index (χ4n) is 2.59.